The highest BCUT2D eigenvalue weighted by Crippen LogP contribution is 2.03. The second kappa shape index (κ2) is 4.59. The van der Waals surface area contributed by atoms with Crippen molar-refractivity contribution in [1.82, 2.24) is 14.6 Å². The van der Waals surface area contributed by atoms with Crippen molar-refractivity contribution in [2.24, 2.45) is 0 Å². The predicted octanol–water partition coefficient (Wildman–Crippen LogP) is -0.875. The number of nitrogen functional groups attached to an aromatic ring is 1. The van der Waals surface area contributed by atoms with Gasteiger partial charge in [-0.05, 0) is 19.1 Å². The number of aromatic nitrogens is 3. The van der Waals surface area contributed by atoms with Gasteiger partial charge in [-0.3, -0.25) is 0 Å². The first-order valence-electron chi connectivity index (χ1n) is 3.86. The lowest BCUT2D eigenvalue weighted by molar-refractivity contribution is 0.448. The Morgan fingerprint density at radius 2 is 2.07 bits per heavy atom. The predicted molar refractivity (Wildman–Crippen MR) is 52.3 cm³/mol. The highest BCUT2D eigenvalue weighted by atomic mass is 16.4. The van der Waals surface area contributed by atoms with Gasteiger partial charge < -0.3 is 15.8 Å². The normalized spacial score (nSPS) is 9.36. The molecule has 2 heterocycles. The second-order valence-electron chi connectivity index (χ2n) is 2.56. The molecule has 0 amide bonds. The van der Waals surface area contributed by atoms with Gasteiger partial charge in [0.05, 0.1) is 11.9 Å². The molecular weight excluding hydrogens is 183 g/mol. The zero-order valence-electron chi connectivity index (χ0n) is 7.62. The van der Waals surface area contributed by atoms with E-state index in [4.69, 9.17) is 15.8 Å². The van der Waals surface area contributed by atoms with E-state index in [0.717, 1.165) is 11.3 Å². The minimum absolute atomic E-state index is 0. The Labute approximate surface area is 81.3 Å². The number of hydrogen-bond acceptors (Lipinski definition) is 5. The number of hydrogen-bond donors (Lipinski definition) is 3. The van der Waals surface area contributed by atoms with E-state index in [1.807, 2.05) is 19.2 Å². The number of imidazole rings is 1. The van der Waals surface area contributed by atoms with E-state index in [1.165, 1.54) is 0 Å². The minimum atomic E-state index is 0. The Balaban J connectivity index is 0.000000293. The van der Waals surface area contributed by atoms with Gasteiger partial charge in [0.15, 0.2) is 5.65 Å². The van der Waals surface area contributed by atoms with Crippen LogP contribution in [0.5, 0.6) is 0 Å². The van der Waals surface area contributed by atoms with E-state index in [2.05, 4.69) is 10.1 Å². The molecule has 0 saturated carbocycles. The summed E-state index contributed by atoms with van der Waals surface area (Å²) >= 11 is 0. The molecule has 0 saturated heterocycles. The molecule has 0 aliphatic heterocycles. The molecule has 7 heteroatoms. The lowest BCUT2D eigenvalue weighted by atomic mass is 10.5. The summed E-state index contributed by atoms with van der Waals surface area (Å²) in [5, 5.41) is 18.0. The SMILES string of the molecule is Cc1cn2nc(N)ccc2n1.O[B]O. The van der Waals surface area contributed by atoms with Gasteiger partial charge >= 0.3 is 7.69 Å². The second-order valence-corrected chi connectivity index (χ2v) is 2.56. The summed E-state index contributed by atoms with van der Waals surface area (Å²) in [6.45, 7) is 1.92. The third-order valence-corrected chi connectivity index (χ3v) is 1.46. The van der Waals surface area contributed by atoms with Crippen LogP contribution in [-0.2, 0) is 0 Å². The van der Waals surface area contributed by atoms with Gasteiger partial charge in [0.25, 0.3) is 0 Å². The van der Waals surface area contributed by atoms with Crippen molar-refractivity contribution in [2.75, 3.05) is 5.73 Å². The number of fused-ring (bicyclic) bond motifs is 1. The standard InChI is InChI=1S/C7H8N4.BH2O2/c1-5-4-11-7(9-5)3-2-6(8)10-11;2-1-3/h2-4H,1H3,(H2,8,10);2-3H. The van der Waals surface area contributed by atoms with Crippen LogP contribution in [0.4, 0.5) is 5.82 Å². The Kier molecular flexibility index (Phi) is 3.44. The average molecular weight is 193 g/mol. The van der Waals surface area contributed by atoms with Gasteiger partial charge in [-0.25, -0.2) is 9.50 Å². The van der Waals surface area contributed by atoms with Crippen LogP contribution in [0.15, 0.2) is 18.3 Å². The topological polar surface area (TPSA) is 96.7 Å². The van der Waals surface area contributed by atoms with Crippen LogP contribution in [0.25, 0.3) is 5.65 Å². The van der Waals surface area contributed by atoms with Gasteiger partial charge in [0.2, 0.25) is 0 Å². The van der Waals surface area contributed by atoms with Crippen LogP contribution in [0, 0.1) is 6.92 Å². The molecule has 0 bridgehead atoms. The molecule has 14 heavy (non-hydrogen) atoms. The average Bonchev–Trinajstić information content (AvgIpc) is 2.45. The zero-order chi connectivity index (χ0) is 10.6. The zero-order valence-corrected chi connectivity index (χ0v) is 7.62. The van der Waals surface area contributed by atoms with E-state index in [1.54, 1.807) is 10.6 Å². The van der Waals surface area contributed by atoms with Crippen LogP contribution < -0.4 is 5.73 Å². The quantitative estimate of drug-likeness (QED) is 0.472. The molecule has 6 nitrogen and oxygen atoms in total. The molecule has 0 atom stereocenters. The molecule has 0 aromatic carbocycles. The Bertz CT molecular complexity index is 417. The number of nitrogens with two attached hydrogens (primary N) is 1. The molecular formula is C7H10BN4O2. The first-order valence-corrected chi connectivity index (χ1v) is 3.86. The van der Waals surface area contributed by atoms with E-state index >= 15 is 0 Å². The first-order chi connectivity index (χ1) is 6.67. The molecule has 2 rings (SSSR count). The molecule has 1 radical (unpaired) electrons. The fourth-order valence-corrected chi connectivity index (χ4v) is 1.02. The van der Waals surface area contributed by atoms with Crippen molar-refractivity contribution in [3.8, 4) is 0 Å². The van der Waals surface area contributed by atoms with Gasteiger partial charge in [-0.15, -0.1) is 5.10 Å². The maximum Gasteiger partial charge on any atom is 0.482 e. The number of rotatable bonds is 0. The lowest BCUT2D eigenvalue weighted by Crippen LogP contribution is -1.95. The van der Waals surface area contributed by atoms with Crippen LogP contribution in [-0.4, -0.2) is 32.3 Å². The molecule has 2 aromatic heterocycles. The van der Waals surface area contributed by atoms with Crippen molar-refractivity contribution in [3.63, 3.8) is 0 Å². The van der Waals surface area contributed by atoms with E-state index in [0.29, 0.717) is 5.82 Å². The minimum Gasteiger partial charge on any atom is -0.429 e. The van der Waals surface area contributed by atoms with Gasteiger partial charge in [0.1, 0.15) is 5.82 Å². The number of nitrogens with zero attached hydrogens (tertiary/aromatic N) is 3. The lowest BCUT2D eigenvalue weighted by Gasteiger charge is -1.91. The Morgan fingerprint density at radius 3 is 2.71 bits per heavy atom. The summed E-state index contributed by atoms with van der Waals surface area (Å²) < 4.78 is 1.67. The largest absolute Gasteiger partial charge is 0.482 e. The monoisotopic (exact) mass is 193 g/mol. The van der Waals surface area contributed by atoms with Crippen LogP contribution in [0.3, 0.4) is 0 Å². The molecule has 0 aliphatic carbocycles. The van der Waals surface area contributed by atoms with Gasteiger partial charge in [-0.1, -0.05) is 0 Å². The number of aryl methyl sites for hydroxylation is 1. The fourth-order valence-electron chi connectivity index (χ4n) is 1.02. The summed E-state index contributed by atoms with van der Waals surface area (Å²) in [7, 11) is 0. The van der Waals surface area contributed by atoms with Crippen molar-refractivity contribution in [1.29, 1.82) is 0 Å². The van der Waals surface area contributed by atoms with Gasteiger partial charge in [-0.2, -0.15) is 0 Å². The molecule has 4 N–H and O–H groups in total. The highest BCUT2D eigenvalue weighted by Gasteiger charge is 1.96. The van der Waals surface area contributed by atoms with Crippen LogP contribution in [0.2, 0.25) is 0 Å². The smallest absolute Gasteiger partial charge is 0.429 e. The van der Waals surface area contributed by atoms with Crippen LogP contribution >= 0.6 is 0 Å². The third kappa shape index (κ3) is 2.44. The van der Waals surface area contributed by atoms with Crippen molar-refractivity contribution < 1.29 is 10.0 Å². The number of anilines is 1. The van der Waals surface area contributed by atoms with E-state index in [9.17, 15) is 0 Å². The highest BCUT2D eigenvalue weighted by molar-refractivity contribution is 6.13. The van der Waals surface area contributed by atoms with Crippen molar-refractivity contribution >= 4 is 19.2 Å². The van der Waals surface area contributed by atoms with E-state index < -0.39 is 0 Å². The summed E-state index contributed by atoms with van der Waals surface area (Å²) in [6.07, 6.45) is 1.84. The summed E-state index contributed by atoms with van der Waals surface area (Å²) in [6, 6.07) is 3.58. The maximum atomic E-state index is 7.00. The summed E-state index contributed by atoms with van der Waals surface area (Å²) in [5.74, 6) is 0.509. The third-order valence-electron chi connectivity index (χ3n) is 1.46. The molecule has 0 aliphatic rings. The van der Waals surface area contributed by atoms with Crippen molar-refractivity contribution in [2.45, 2.75) is 6.92 Å². The molecule has 2 aromatic rings. The van der Waals surface area contributed by atoms with Crippen molar-refractivity contribution in [3.05, 3.63) is 24.0 Å². The Morgan fingerprint density at radius 1 is 1.43 bits per heavy atom. The Hall–Kier alpha value is -1.60. The van der Waals surface area contributed by atoms with E-state index in [-0.39, 0.29) is 7.69 Å². The van der Waals surface area contributed by atoms with Crippen LogP contribution in [0.1, 0.15) is 5.69 Å². The fraction of sp³-hybridized carbons (Fsp3) is 0.143. The molecule has 0 unspecified atom stereocenters. The maximum absolute atomic E-state index is 7.00. The molecule has 0 fully saturated rings. The van der Waals surface area contributed by atoms with Gasteiger partial charge in [0, 0.05) is 0 Å². The molecule has 0 spiro atoms. The molecule has 73 valence electrons. The summed E-state index contributed by atoms with van der Waals surface area (Å²) in [5.41, 5.74) is 7.25. The summed E-state index contributed by atoms with van der Waals surface area (Å²) in [4.78, 5) is 4.20. The first kappa shape index (κ1) is 10.5.